The third-order valence-corrected chi connectivity index (χ3v) is 3.28. The maximum Gasteiger partial charge on any atom is 0.224 e. The highest BCUT2D eigenvalue weighted by molar-refractivity contribution is 5.78. The monoisotopic (exact) mass is 286 g/mol. The third-order valence-electron chi connectivity index (χ3n) is 3.28. The number of carbonyl (C=O) groups excluding carboxylic acids is 1. The second kappa shape index (κ2) is 6.88. The van der Waals surface area contributed by atoms with Crippen molar-refractivity contribution in [2.24, 2.45) is 0 Å². The van der Waals surface area contributed by atoms with Gasteiger partial charge in [-0.05, 0) is 30.7 Å². The van der Waals surface area contributed by atoms with Gasteiger partial charge in [-0.2, -0.15) is 0 Å². The molecule has 0 heterocycles. The number of nitrogens with one attached hydrogen (secondary N) is 2. The molecule has 0 bridgehead atoms. The van der Waals surface area contributed by atoms with Crippen molar-refractivity contribution in [2.45, 2.75) is 19.9 Å². The summed E-state index contributed by atoms with van der Waals surface area (Å²) in [6.07, 6.45) is 0.364. The van der Waals surface area contributed by atoms with E-state index in [-0.39, 0.29) is 11.7 Å². The van der Waals surface area contributed by atoms with Crippen molar-refractivity contribution >= 4 is 11.6 Å². The van der Waals surface area contributed by atoms with Crippen LogP contribution in [0.2, 0.25) is 0 Å². The van der Waals surface area contributed by atoms with E-state index in [1.54, 1.807) is 13.1 Å². The highest BCUT2D eigenvalue weighted by Crippen LogP contribution is 2.14. The molecule has 4 heteroatoms. The molecular formula is C17H19FN2O. The van der Waals surface area contributed by atoms with Crippen LogP contribution in [0.1, 0.15) is 16.7 Å². The van der Waals surface area contributed by atoms with Gasteiger partial charge in [-0.1, -0.05) is 29.8 Å². The van der Waals surface area contributed by atoms with Crippen molar-refractivity contribution in [1.82, 2.24) is 5.32 Å². The number of aryl methyl sites for hydroxylation is 1. The van der Waals surface area contributed by atoms with Crippen molar-refractivity contribution in [1.29, 1.82) is 0 Å². The lowest BCUT2D eigenvalue weighted by Crippen LogP contribution is -2.19. The molecule has 0 unspecified atom stereocenters. The highest BCUT2D eigenvalue weighted by atomic mass is 19.1. The van der Waals surface area contributed by atoms with E-state index in [0.717, 1.165) is 16.8 Å². The van der Waals surface area contributed by atoms with Gasteiger partial charge in [0.05, 0.1) is 6.42 Å². The smallest absolute Gasteiger partial charge is 0.224 e. The molecule has 110 valence electrons. The number of benzene rings is 2. The summed E-state index contributed by atoms with van der Waals surface area (Å²) in [5.74, 6) is -0.220. The molecule has 0 saturated carbocycles. The molecule has 0 spiro atoms. The fraction of sp³-hybridized carbons (Fsp3) is 0.235. The maximum atomic E-state index is 13.6. The standard InChI is InChI=1S/C17H19FN2O/c1-12-3-8-16(18)14(9-12)11-20-15-6-4-13(5-7-15)10-17(21)19-2/h3-9,20H,10-11H2,1-2H3,(H,19,21). The second-order valence-electron chi connectivity index (χ2n) is 5.00. The Morgan fingerprint density at radius 1 is 1.14 bits per heavy atom. The average Bonchev–Trinajstić information content (AvgIpc) is 2.49. The Hall–Kier alpha value is -2.36. The number of hydrogen-bond acceptors (Lipinski definition) is 2. The van der Waals surface area contributed by atoms with Crippen LogP contribution in [0, 0.1) is 12.7 Å². The van der Waals surface area contributed by atoms with Gasteiger partial charge < -0.3 is 10.6 Å². The number of carbonyl (C=O) groups is 1. The van der Waals surface area contributed by atoms with Crippen LogP contribution in [0.15, 0.2) is 42.5 Å². The molecular weight excluding hydrogens is 267 g/mol. The minimum Gasteiger partial charge on any atom is -0.381 e. The van der Waals surface area contributed by atoms with E-state index in [1.165, 1.54) is 6.07 Å². The molecule has 1 amide bonds. The molecule has 0 saturated heterocycles. The van der Waals surface area contributed by atoms with Crippen molar-refractivity contribution in [3.05, 3.63) is 65.0 Å². The van der Waals surface area contributed by atoms with E-state index in [0.29, 0.717) is 18.5 Å². The summed E-state index contributed by atoms with van der Waals surface area (Å²) < 4.78 is 13.6. The summed E-state index contributed by atoms with van der Waals surface area (Å²) in [6.45, 7) is 2.37. The zero-order valence-electron chi connectivity index (χ0n) is 12.2. The third kappa shape index (κ3) is 4.31. The Balaban J connectivity index is 1.97. The second-order valence-corrected chi connectivity index (χ2v) is 5.00. The lowest BCUT2D eigenvalue weighted by molar-refractivity contribution is -0.119. The van der Waals surface area contributed by atoms with Gasteiger partial charge in [0, 0.05) is 24.8 Å². The Bertz CT molecular complexity index is 623. The highest BCUT2D eigenvalue weighted by Gasteiger charge is 2.03. The molecule has 0 radical (unpaired) electrons. The van der Waals surface area contributed by atoms with Crippen LogP contribution in [-0.4, -0.2) is 13.0 Å². The minimum atomic E-state index is -0.204. The van der Waals surface area contributed by atoms with Gasteiger partial charge in [0.25, 0.3) is 0 Å². The Morgan fingerprint density at radius 2 is 1.86 bits per heavy atom. The molecule has 0 aliphatic heterocycles. The van der Waals surface area contributed by atoms with Gasteiger partial charge in [-0.25, -0.2) is 4.39 Å². The van der Waals surface area contributed by atoms with Gasteiger partial charge in [0.15, 0.2) is 0 Å². The molecule has 0 aliphatic carbocycles. The van der Waals surface area contributed by atoms with Gasteiger partial charge in [0.1, 0.15) is 5.82 Å². The van der Waals surface area contributed by atoms with Crippen LogP contribution in [0.4, 0.5) is 10.1 Å². The molecule has 3 nitrogen and oxygen atoms in total. The molecule has 21 heavy (non-hydrogen) atoms. The molecule has 0 atom stereocenters. The molecule has 2 rings (SSSR count). The van der Waals surface area contributed by atoms with Crippen LogP contribution in [0.25, 0.3) is 0 Å². The number of likely N-dealkylation sites (N-methyl/N-ethyl adjacent to an activating group) is 1. The Morgan fingerprint density at radius 3 is 2.52 bits per heavy atom. The normalized spacial score (nSPS) is 10.2. The van der Waals surface area contributed by atoms with Gasteiger partial charge in [-0.3, -0.25) is 4.79 Å². The molecule has 0 aliphatic rings. The minimum absolute atomic E-state index is 0.0162. The quantitative estimate of drug-likeness (QED) is 0.887. The number of hydrogen-bond donors (Lipinski definition) is 2. The molecule has 2 N–H and O–H groups in total. The molecule has 0 fully saturated rings. The van der Waals surface area contributed by atoms with Crippen molar-refractivity contribution < 1.29 is 9.18 Å². The summed E-state index contributed by atoms with van der Waals surface area (Å²) in [5, 5.41) is 5.77. The predicted molar refractivity (Wildman–Crippen MR) is 82.7 cm³/mol. The van der Waals surface area contributed by atoms with Crippen LogP contribution < -0.4 is 10.6 Å². The molecule has 0 aromatic heterocycles. The molecule has 2 aromatic carbocycles. The first-order valence-electron chi connectivity index (χ1n) is 6.87. The van der Waals surface area contributed by atoms with Gasteiger partial charge in [0.2, 0.25) is 5.91 Å². The number of halogens is 1. The largest absolute Gasteiger partial charge is 0.381 e. The van der Waals surface area contributed by atoms with Crippen LogP contribution in [0.3, 0.4) is 0 Å². The Labute approximate surface area is 124 Å². The summed E-state index contributed by atoms with van der Waals surface area (Å²) in [4.78, 5) is 11.3. The number of anilines is 1. The van der Waals surface area contributed by atoms with E-state index >= 15 is 0 Å². The predicted octanol–water partition coefficient (Wildman–Crippen LogP) is 3.03. The van der Waals surface area contributed by atoms with E-state index in [9.17, 15) is 9.18 Å². The van der Waals surface area contributed by atoms with Crippen LogP contribution >= 0.6 is 0 Å². The number of rotatable bonds is 5. The van der Waals surface area contributed by atoms with Gasteiger partial charge in [-0.15, -0.1) is 0 Å². The van der Waals surface area contributed by atoms with Crippen LogP contribution in [0.5, 0.6) is 0 Å². The molecule has 2 aromatic rings. The van der Waals surface area contributed by atoms with E-state index in [1.807, 2.05) is 37.3 Å². The summed E-state index contributed by atoms with van der Waals surface area (Å²) in [5.41, 5.74) is 3.52. The fourth-order valence-electron chi connectivity index (χ4n) is 2.05. The van der Waals surface area contributed by atoms with E-state index < -0.39 is 0 Å². The topological polar surface area (TPSA) is 41.1 Å². The van der Waals surface area contributed by atoms with Crippen LogP contribution in [-0.2, 0) is 17.8 Å². The maximum absolute atomic E-state index is 13.6. The zero-order chi connectivity index (χ0) is 15.2. The Kier molecular flexibility index (Phi) is 4.93. The lowest BCUT2D eigenvalue weighted by atomic mass is 10.1. The summed E-state index contributed by atoms with van der Waals surface area (Å²) in [7, 11) is 1.62. The van der Waals surface area contributed by atoms with E-state index in [4.69, 9.17) is 0 Å². The average molecular weight is 286 g/mol. The summed E-state index contributed by atoms with van der Waals surface area (Å²) in [6, 6.07) is 12.7. The van der Waals surface area contributed by atoms with Crippen molar-refractivity contribution in [3.8, 4) is 0 Å². The SMILES string of the molecule is CNC(=O)Cc1ccc(NCc2cc(C)ccc2F)cc1. The number of amides is 1. The first-order chi connectivity index (χ1) is 10.1. The summed E-state index contributed by atoms with van der Waals surface area (Å²) >= 11 is 0. The van der Waals surface area contributed by atoms with Crippen molar-refractivity contribution in [2.75, 3.05) is 12.4 Å². The first-order valence-corrected chi connectivity index (χ1v) is 6.87. The zero-order valence-corrected chi connectivity index (χ0v) is 12.2. The lowest BCUT2D eigenvalue weighted by Gasteiger charge is -2.09. The van der Waals surface area contributed by atoms with Gasteiger partial charge >= 0.3 is 0 Å². The van der Waals surface area contributed by atoms with Crippen molar-refractivity contribution in [3.63, 3.8) is 0 Å². The van der Waals surface area contributed by atoms with E-state index in [2.05, 4.69) is 10.6 Å². The first kappa shape index (κ1) is 15.0. The fourth-order valence-corrected chi connectivity index (χ4v) is 2.05.